The van der Waals surface area contributed by atoms with Crippen LogP contribution in [0.4, 0.5) is 5.69 Å². The van der Waals surface area contributed by atoms with Crippen molar-refractivity contribution in [1.29, 1.82) is 0 Å². The number of hydrogen-bond acceptors (Lipinski definition) is 0. The van der Waals surface area contributed by atoms with Gasteiger partial charge in [0, 0.05) is 5.02 Å². The highest BCUT2D eigenvalue weighted by Crippen LogP contribution is 2.21. The molecule has 0 unspecified atom stereocenters. The average Bonchev–Trinajstić information content (AvgIpc) is 1.95. The molecule has 10 heavy (non-hydrogen) atoms. The number of benzene rings is 1. The summed E-state index contributed by atoms with van der Waals surface area (Å²) in [6.45, 7) is 8.59. The van der Waals surface area contributed by atoms with Gasteiger partial charge in [0.25, 0.3) is 0 Å². The van der Waals surface area contributed by atoms with Gasteiger partial charge in [0.15, 0.2) is 5.69 Å². The van der Waals surface area contributed by atoms with Gasteiger partial charge in [-0.2, -0.15) is 0 Å². The third kappa shape index (κ3) is 1.29. The Morgan fingerprint density at radius 1 is 1.50 bits per heavy atom. The molecule has 1 aromatic carbocycles. The molecular formula is C8H6ClN. The van der Waals surface area contributed by atoms with Gasteiger partial charge in [-0.15, -0.1) is 0 Å². The Labute approximate surface area is 65.1 Å². The van der Waals surface area contributed by atoms with Crippen molar-refractivity contribution in [1.82, 2.24) is 0 Å². The van der Waals surface area contributed by atoms with Gasteiger partial charge in [0.2, 0.25) is 0 Å². The van der Waals surface area contributed by atoms with Gasteiger partial charge in [-0.25, -0.2) is 4.85 Å². The SMILES string of the molecule is [C-]#[N+]c1ccc(C)c(Cl)c1. The molecule has 0 saturated heterocycles. The summed E-state index contributed by atoms with van der Waals surface area (Å²) < 4.78 is 0. The summed E-state index contributed by atoms with van der Waals surface area (Å²) in [6.07, 6.45) is 0. The molecule has 0 aliphatic heterocycles. The molecule has 0 saturated carbocycles. The summed E-state index contributed by atoms with van der Waals surface area (Å²) in [5.41, 5.74) is 1.60. The first kappa shape index (κ1) is 7.11. The molecule has 2 heteroatoms. The van der Waals surface area contributed by atoms with Crippen LogP contribution in [0.1, 0.15) is 5.56 Å². The van der Waals surface area contributed by atoms with E-state index in [1.54, 1.807) is 12.1 Å². The van der Waals surface area contributed by atoms with E-state index < -0.39 is 0 Å². The smallest absolute Gasteiger partial charge is 0.188 e. The van der Waals surface area contributed by atoms with E-state index >= 15 is 0 Å². The number of nitrogens with zero attached hydrogens (tertiary/aromatic N) is 1. The number of aryl methyl sites for hydroxylation is 1. The van der Waals surface area contributed by atoms with Gasteiger partial charge in [-0.1, -0.05) is 23.7 Å². The van der Waals surface area contributed by atoms with Crippen molar-refractivity contribution in [2.75, 3.05) is 0 Å². The highest BCUT2D eigenvalue weighted by molar-refractivity contribution is 6.31. The fraction of sp³-hybridized carbons (Fsp3) is 0.125. The van der Waals surface area contributed by atoms with E-state index in [4.69, 9.17) is 18.2 Å². The zero-order valence-electron chi connectivity index (χ0n) is 5.56. The van der Waals surface area contributed by atoms with Crippen LogP contribution in [0.5, 0.6) is 0 Å². The van der Waals surface area contributed by atoms with Crippen molar-refractivity contribution >= 4 is 17.3 Å². The topological polar surface area (TPSA) is 4.36 Å². The predicted molar refractivity (Wildman–Crippen MR) is 42.5 cm³/mol. The first-order valence-electron chi connectivity index (χ1n) is 2.87. The van der Waals surface area contributed by atoms with E-state index in [9.17, 15) is 0 Å². The molecule has 0 spiro atoms. The maximum Gasteiger partial charge on any atom is 0.188 e. The Morgan fingerprint density at radius 2 is 2.20 bits per heavy atom. The zero-order chi connectivity index (χ0) is 7.56. The average molecular weight is 152 g/mol. The standard InChI is InChI=1S/C8H6ClN/c1-6-3-4-7(10-2)5-8(6)9/h3-5H,1H3. The third-order valence-electron chi connectivity index (χ3n) is 1.28. The van der Waals surface area contributed by atoms with Gasteiger partial charge in [-0.05, 0) is 18.6 Å². The molecule has 0 radical (unpaired) electrons. The van der Waals surface area contributed by atoms with Gasteiger partial charge in [-0.3, -0.25) is 0 Å². The Morgan fingerprint density at radius 3 is 2.70 bits per heavy atom. The molecule has 0 amide bonds. The highest BCUT2D eigenvalue weighted by atomic mass is 35.5. The van der Waals surface area contributed by atoms with Crippen molar-refractivity contribution in [2.24, 2.45) is 0 Å². The number of hydrogen-bond donors (Lipinski definition) is 0. The summed E-state index contributed by atoms with van der Waals surface area (Å²) in [5.74, 6) is 0. The van der Waals surface area contributed by atoms with E-state index in [-0.39, 0.29) is 0 Å². The summed E-state index contributed by atoms with van der Waals surface area (Å²) in [5, 5.41) is 0.661. The summed E-state index contributed by atoms with van der Waals surface area (Å²) >= 11 is 5.75. The maximum absolute atomic E-state index is 6.68. The second-order valence-corrected chi connectivity index (χ2v) is 2.45. The Hall–Kier alpha value is -1.00. The van der Waals surface area contributed by atoms with Gasteiger partial charge in [0.05, 0.1) is 6.57 Å². The molecule has 0 heterocycles. The minimum absolute atomic E-state index is 0.593. The van der Waals surface area contributed by atoms with Crippen LogP contribution >= 0.6 is 11.6 Å². The van der Waals surface area contributed by atoms with Crippen LogP contribution in [0.15, 0.2) is 18.2 Å². The van der Waals surface area contributed by atoms with E-state index in [1.807, 2.05) is 13.0 Å². The van der Waals surface area contributed by atoms with Gasteiger partial charge in [0.1, 0.15) is 0 Å². The number of rotatable bonds is 0. The first-order valence-corrected chi connectivity index (χ1v) is 3.25. The third-order valence-corrected chi connectivity index (χ3v) is 1.69. The summed E-state index contributed by atoms with van der Waals surface area (Å²) in [6, 6.07) is 5.27. The minimum atomic E-state index is 0.593. The molecule has 1 aromatic rings. The molecule has 50 valence electrons. The van der Waals surface area contributed by atoms with Crippen LogP contribution in [-0.4, -0.2) is 0 Å². The fourth-order valence-corrected chi connectivity index (χ4v) is 0.826. The highest BCUT2D eigenvalue weighted by Gasteiger charge is 1.94. The Bertz CT molecular complexity index is 286. The van der Waals surface area contributed by atoms with Crippen LogP contribution in [0.25, 0.3) is 4.85 Å². The van der Waals surface area contributed by atoms with Crippen LogP contribution in [0.3, 0.4) is 0 Å². The second-order valence-electron chi connectivity index (χ2n) is 2.05. The summed E-state index contributed by atoms with van der Waals surface area (Å²) in [7, 11) is 0. The predicted octanol–water partition coefficient (Wildman–Crippen LogP) is 3.20. The normalized spacial score (nSPS) is 8.90. The van der Waals surface area contributed by atoms with Gasteiger partial charge < -0.3 is 0 Å². The quantitative estimate of drug-likeness (QED) is 0.502. The van der Waals surface area contributed by atoms with Crippen molar-refractivity contribution in [3.8, 4) is 0 Å². The Balaban J connectivity index is 3.20. The van der Waals surface area contributed by atoms with Crippen LogP contribution < -0.4 is 0 Å². The van der Waals surface area contributed by atoms with E-state index in [0.29, 0.717) is 10.7 Å². The molecule has 0 atom stereocenters. The van der Waals surface area contributed by atoms with Crippen LogP contribution in [0.2, 0.25) is 5.02 Å². The lowest BCUT2D eigenvalue weighted by Gasteiger charge is -1.95. The molecule has 0 aliphatic rings. The first-order chi connectivity index (χ1) is 4.74. The minimum Gasteiger partial charge on any atom is -0.238 e. The maximum atomic E-state index is 6.68. The van der Waals surface area contributed by atoms with Crippen molar-refractivity contribution in [3.63, 3.8) is 0 Å². The molecule has 1 rings (SSSR count). The lowest BCUT2D eigenvalue weighted by atomic mass is 10.2. The van der Waals surface area contributed by atoms with E-state index in [0.717, 1.165) is 5.56 Å². The van der Waals surface area contributed by atoms with E-state index in [2.05, 4.69) is 4.85 Å². The molecule has 1 nitrogen and oxygen atoms in total. The molecule has 0 bridgehead atoms. The van der Waals surface area contributed by atoms with Crippen LogP contribution in [-0.2, 0) is 0 Å². The largest absolute Gasteiger partial charge is 0.238 e. The van der Waals surface area contributed by atoms with Crippen molar-refractivity contribution in [3.05, 3.63) is 40.2 Å². The van der Waals surface area contributed by atoms with Crippen molar-refractivity contribution in [2.45, 2.75) is 6.92 Å². The second kappa shape index (κ2) is 2.72. The lowest BCUT2D eigenvalue weighted by molar-refractivity contribution is 1.48. The summed E-state index contributed by atoms with van der Waals surface area (Å²) in [4.78, 5) is 3.24. The monoisotopic (exact) mass is 151 g/mol. The molecule has 0 fully saturated rings. The molecule has 0 N–H and O–H groups in total. The fourth-order valence-electron chi connectivity index (χ4n) is 0.651. The van der Waals surface area contributed by atoms with Crippen molar-refractivity contribution < 1.29 is 0 Å². The number of halogens is 1. The Kier molecular flexibility index (Phi) is 1.94. The van der Waals surface area contributed by atoms with Crippen LogP contribution in [0, 0.1) is 13.5 Å². The zero-order valence-corrected chi connectivity index (χ0v) is 6.31. The molecule has 0 aromatic heterocycles. The van der Waals surface area contributed by atoms with Gasteiger partial charge >= 0.3 is 0 Å². The van der Waals surface area contributed by atoms with E-state index in [1.165, 1.54) is 0 Å². The molecule has 0 aliphatic carbocycles. The lowest BCUT2D eigenvalue weighted by Crippen LogP contribution is -1.71. The molecular weight excluding hydrogens is 146 g/mol.